The van der Waals surface area contributed by atoms with Crippen molar-refractivity contribution in [2.75, 3.05) is 5.73 Å². The summed E-state index contributed by atoms with van der Waals surface area (Å²) in [5.41, 5.74) is 5.64. The topological polar surface area (TPSA) is 48.1 Å². The van der Waals surface area contributed by atoms with E-state index in [1.54, 1.807) is 12.1 Å². The molecule has 0 saturated heterocycles. The van der Waals surface area contributed by atoms with Gasteiger partial charge in [0.15, 0.2) is 0 Å². The summed E-state index contributed by atoms with van der Waals surface area (Å²) in [5, 5.41) is 2.26. The number of fused-ring (bicyclic) bond motifs is 1. The van der Waals surface area contributed by atoms with E-state index in [1.807, 2.05) is 36.4 Å². The predicted molar refractivity (Wildman–Crippen MR) is 80.4 cm³/mol. The normalized spacial score (nSPS) is 10.6. The number of rotatable bonds is 2. The Morgan fingerprint density at radius 3 is 2.63 bits per heavy atom. The Hall–Kier alpha value is -2.07. The van der Waals surface area contributed by atoms with Gasteiger partial charge < -0.3 is 10.5 Å². The van der Waals surface area contributed by atoms with Gasteiger partial charge in [-0.15, -0.1) is 0 Å². The number of hydrogen-bond acceptors (Lipinski definition) is 3. The summed E-state index contributed by atoms with van der Waals surface area (Å²) in [4.78, 5) is 4.12. The molecule has 0 atom stereocenters. The number of pyridine rings is 1. The number of aromatic nitrogens is 1. The molecule has 0 spiro atoms. The van der Waals surface area contributed by atoms with Crippen molar-refractivity contribution in [1.29, 1.82) is 0 Å². The quantitative estimate of drug-likeness (QED) is 0.764. The predicted octanol–water partition coefficient (Wildman–Crippen LogP) is 4.37. The lowest BCUT2D eigenvalue weighted by molar-refractivity contribution is 0.462. The zero-order valence-corrected chi connectivity index (χ0v) is 11.6. The van der Waals surface area contributed by atoms with Gasteiger partial charge in [-0.05, 0) is 38.8 Å². The van der Waals surface area contributed by atoms with Gasteiger partial charge in [-0.25, -0.2) is 0 Å². The van der Waals surface area contributed by atoms with Crippen LogP contribution >= 0.6 is 15.9 Å². The molecule has 0 saturated carbocycles. The van der Waals surface area contributed by atoms with Gasteiger partial charge in [0, 0.05) is 6.07 Å². The maximum Gasteiger partial charge on any atom is 0.221 e. The first-order valence-corrected chi connectivity index (χ1v) is 6.61. The molecule has 19 heavy (non-hydrogen) atoms. The Morgan fingerprint density at radius 1 is 0.947 bits per heavy atom. The van der Waals surface area contributed by atoms with E-state index in [-0.39, 0.29) is 0 Å². The first kappa shape index (κ1) is 12.0. The number of anilines is 1. The van der Waals surface area contributed by atoms with Crippen LogP contribution in [0.2, 0.25) is 0 Å². The van der Waals surface area contributed by atoms with Crippen molar-refractivity contribution in [3.05, 3.63) is 59.1 Å². The summed E-state index contributed by atoms with van der Waals surface area (Å²) in [6, 6.07) is 17.3. The van der Waals surface area contributed by atoms with Gasteiger partial charge in [0.25, 0.3) is 0 Å². The van der Waals surface area contributed by atoms with Crippen LogP contribution in [0.1, 0.15) is 0 Å². The van der Waals surface area contributed by atoms with Crippen molar-refractivity contribution in [2.24, 2.45) is 0 Å². The van der Waals surface area contributed by atoms with Crippen LogP contribution in [0.4, 0.5) is 5.82 Å². The second-order valence-electron chi connectivity index (χ2n) is 4.10. The molecule has 3 nitrogen and oxygen atoms in total. The Kier molecular flexibility index (Phi) is 3.09. The standard InChI is InChI=1S/C15H11BrN2O/c16-15-11-5-2-1-4-10(11)8-9-12(15)19-14-7-3-6-13(17)18-14/h1-9H,(H2,17,18). The van der Waals surface area contributed by atoms with Crippen molar-refractivity contribution in [3.63, 3.8) is 0 Å². The zero-order chi connectivity index (χ0) is 13.2. The average Bonchev–Trinajstić information content (AvgIpc) is 2.42. The van der Waals surface area contributed by atoms with Crippen molar-refractivity contribution in [1.82, 2.24) is 4.98 Å². The monoisotopic (exact) mass is 314 g/mol. The minimum absolute atomic E-state index is 0.439. The van der Waals surface area contributed by atoms with E-state index < -0.39 is 0 Å². The summed E-state index contributed by atoms with van der Waals surface area (Å²) in [6.07, 6.45) is 0. The van der Waals surface area contributed by atoms with Gasteiger partial charge in [-0.1, -0.05) is 36.4 Å². The lowest BCUT2D eigenvalue weighted by Gasteiger charge is -2.09. The van der Waals surface area contributed by atoms with E-state index in [2.05, 4.69) is 27.0 Å². The maximum atomic E-state index is 5.76. The lowest BCUT2D eigenvalue weighted by Crippen LogP contribution is -1.93. The fourth-order valence-electron chi connectivity index (χ4n) is 1.89. The van der Waals surface area contributed by atoms with E-state index in [4.69, 9.17) is 10.5 Å². The van der Waals surface area contributed by atoms with Gasteiger partial charge in [0.2, 0.25) is 5.88 Å². The number of nitrogen functional groups attached to an aromatic ring is 1. The van der Waals surface area contributed by atoms with Crippen LogP contribution in [-0.4, -0.2) is 4.98 Å². The Balaban J connectivity index is 2.04. The lowest BCUT2D eigenvalue weighted by atomic mass is 10.1. The Labute approximate surface area is 119 Å². The Morgan fingerprint density at radius 2 is 1.79 bits per heavy atom. The third-order valence-corrected chi connectivity index (χ3v) is 3.61. The molecule has 0 bridgehead atoms. The van der Waals surface area contributed by atoms with Gasteiger partial charge >= 0.3 is 0 Å². The van der Waals surface area contributed by atoms with E-state index in [9.17, 15) is 0 Å². The molecule has 0 aliphatic heterocycles. The number of nitrogens with zero attached hydrogens (tertiary/aromatic N) is 1. The SMILES string of the molecule is Nc1cccc(Oc2ccc3ccccc3c2Br)n1. The minimum atomic E-state index is 0.439. The maximum absolute atomic E-state index is 5.76. The van der Waals surface area contributed by atoms with Crippen LogP contribution in [0, 0.1) is 0 Å². The number of halogens is 1. The molecule has 4 heteroatoms. The molecule has 3 aromatic rings. The highest BCUT2D eigenvalue weighted by Crippen LogP contribution is 2.35. The summed E-state index contributed by atoms with van der Waals surface area (Å²) >= 11 is 3.57. The molecule has 0 radical (unpaired) electrons. The molecular formula is C15H11BrN2O. The van der Waals surface area contributed by atoms with Crippen molar-refractivity contribution in [2.45, 2.75) is 0 Å². The fraction of sp³-hybridized carbons (Fsp3) is 0. The van der Waals surface area contributed by atoms with Crippen molar-refractivity contribution >= 4 is 32.5 Å². The second-order valence-corrected chi connectivity index (χ2v) is 4.89. The molecule has 0 aliphatic carbocycles. The highest BCUT2D eigenvalue weighted by Gasteiger charge is 2.07. The molecule has 94 valence electrons. The molecular weight excluding hydrogens is 304 g/mol. The van der Waals surface area contributed by atoms with Crippen molar-refractivity contribution < 1.29 is 4.74 Å². The first-order valence-electron chi connectivity index (χ1n) is 5.82. The zero-order valence-electron chi connectivity index (χ0n) is 10.0. The van der Waals surface area contributed by atoms with Crippen LogP contribution in [0.3, 0.4) is 0 Å². The number of nitrogens with two attached hydrogens (primary N) is 1. The van der Waals surface area contributed by atoms with Crippen LogP contribution in [0.15, 0.2) is 59.1 Å². The van der Waals surface area contributed by atoms with Crippen LogP contribution in [0.25, 0.3) is 10.8 Å². The fourth-order valence-corrected chi connectivity index (χ4v) is 2.47. The molecule has 0 amide bonds. The highest BCUT2D eigenvalue weighted by molar-refractivity contribution is 9.10. The summed E-state index contributed by atoms with van der Waals surface area (Å²) < 4.78 is 6.67. The summed E-state index contributed by atoms with van der Waals surface area (Å²) in [7, 11) is 0. The van der Waals surface area contributed by atoms with Gasteiger partial charge in [-0.3, -0.25) is 0 Å². The van der Waals surface area contributed by atoms with E-state index in [0.717, 1.165) is 21.0 Å². The molecule has 2 N–H and O–H groups in total. The summed E-state index contributed by atoms with van der Waals surface area (Å²) in [5.74, 6) is 1.64. The van der Waals surface area contributed by atoms with Gasteiger partial charge in [0.1, 0.15) is 11.6 Å². The molecule has 0 fully saturated rings. The number of benzene rings is 2. The molecule has 3 rings (SSSR count). The highest BCUT2D eigenvalue weighted by atomic mass is 79.9. The molecule has 1 heterocycles. The van der Waals surface area contributed by atoms with E-state index in [0.29, 0.717) is 11.7 Å². The van der Waals surface area contributed by atoms with Gasteiger partial charge in [0.05, 0.1) is 4.47 Å². The number of hydrogen-bond donors (Lipinski definition) is 1. The van der Waals surface area contributed by atoms with Crippen LogP contribution in [-0.2, 0) is 0 Å². The van der Waals surface area contributed by atoms with E-state index in [1.165, 1.54) is 0 Å². The minimum Gasteiger partial charge on any atom is -0.438 e. The van der Waals surface area contributed by atoms with Gasteiger partial charge in [-0.2, -0.15) is 4.98 Å². The largest absolute Gasteiger partial charge is 0.438 e. The molecule has 1 aromatic heterocycles. The first-order chi connectivity index (χ1) is 9.24. The van der Waals surface area contributed by atoms with Crippen molar-refractivity contribution in [3.8, 4) is 11.6 Å². The molecule has 0 aliphatic rings. The average molecular weight is 315 g/mol. The smallest absolute Gasteiger partial charge is 0.221 e. The molecule has 2 aromatic carbocycles. The molecule has 0 unspecified atom stereocenters. The Bertz CT molecular complexity index is 743. The second kappa shape index (κ2) is 4.90. The summed E-state index contributed by atoms with van der Waals surface area (Å²) in [6.45, 7) is 0. The third kappa shape index (κ3) is 2.39. The van der Waals surface area contributed by atoms with Crippen LogP contribution in [0.5, 0.6) is 11.6 Å². The van der Waals surface area contributed by atoms with E-state index >= 15 is 0 Å². The number of ether oxygens (including phenoxy) is 1. The third-order valence-electron chi connectivity index (χ3n) is 2.79. The van der Waals surface area contributed by atoms with Crippen LogP contribution < -0.4 is 10.5 Å².